The third-order valence-electron chi connectivity index (χ3n) is 4.64. The average molecular weight is 461 g/mol. The minimum atomic E-state index is -0.369. The quantitative estimate of drug-likeness (QED) is 0.543. The maximum absolute atomic E-state index is 12.7. The molecule has 0 radical (unpaired) electrons. The second kappa shape index (κ2) is 10.3. The molecular formula is C21H25BrN4O3. The van der Waals surface area contributed by atoms with Gasteiger partial charge in [-0.05, 0) is 55.3 Å². The van der Waals surface area contributed by atoms with Crippen LogP contribution < -0.4 is 20.9 Å². The first-order chi connectivity index (χ1) is 14.1. The summed E-state index contributed by atoms with van der Waals surface area (Å²) >= 11 is 3.37. The molecule has 29 heavy (non-hydrogen) atoms. The van der Waals surface area contributed by atoms with Gasteiger partial charge >= 0.3 is 6.03 Å². The summed E-state index contributed by atoms with van der Waals surface area (Å²) in [7, 11) is 1.59. The third kappa shape index (κ3) is 5.95. The van der Waals surface area contributed by atoms with Crippen LogP contribution in [0, 0.1) is 0 Å². The number of carbonyl (C=O) groups excluding carboxylic acids is 2. The van der Waals surface area contributed by atoms with E-state index in [0.717, 1.165) is 36.1 Å². The number of hydrogen-bond donors (Lipinski definition) is 3. The fourth-order valence-corrected chi connectivity index (χ4v) is 3.48. The molecule has 154 valence electrons. The first-order valence-corrected chi connectivity index (χ1v) is 10.4. The van der Waals surface area contributed by atoms with E-state index in [0.29, 0.717) is 30.1 Å². The summed E-state index contributed by atoms with van der Waals surface area (Å²) in [5.74, 6) is -0.180. The predicted octanol–water partition coefficient (Wildman–Crippen LogP) is 4.07. The Labute approximate surface area is 178 Å². The zero-order chi connectivity index (χ0) is 20.6. The average Bonchev–Trinajstić information content (AvgIpc) is 3.24. The summed E-state index contributed by atoms with van der Waals surface area (Å²) in [5, 5.41) is 8.45. The van der Waals surface area contributed by atoms with Gasteiger partial charge in [0.05, 0.1) is 12.2 Å². The molecule has 0 bridgehead atoms. The molecule has 1 saturated heterocycles. The Hall–Kier alpha value is -2.58. The lowest BCUT2D eigenvalue weighted by atomic mass is 10.1. The van der Waals surface area contributed by atoms with Crippen LogP contribution in [0.5, 0.6) is 0 Å². The summed E-state index contributed by atoms with van der Waals surface area (Å²) in [6, 6.07) is 12.4. The van der Waals surface area contributed by atoms with Crippen molar-refractivity contribution in [2.45, 2.75) is 12.8 Å². The number of nitrogens with zero attached hydrogens (tertiary/aromatic N) is 1. The summed E-state index contributed by atoms with van der Waals surface area (Å²) in [6.45, 7) is 2.72. The smallest absolute Gasteiger partial charge is 0.323 e. The van der Waals surface area contributed by atoms with Crippen LogP contribution in [-0.4, -0.2) is 45.3 Å². The number of hydrogen-bond acceptors (Lipinski definition) is 4. The molecule has 1 fully saturated rings. The molecule has 3 N–H and O–H groups in total. The Balaban J connectivity index is 1.74. The highest BCUT2D eigenvalue weighted by atomic mass is 79.9. The molecule has 1 heterocycles. The van der Waals surface area contributed by atoms with Crippen LogP contribution in [0.25, 0.3) is 0 Å². The molecule has 3 rings (SSSR count). The molecular weight excluding hydrogens is 436 g/mol. The monoisotopic (exact) mass is 460 g/mol. The van der Waals surface area contributed by atoms with Gasteiger partial charge in [0.15, 0.2) is 0 Å². The molecule has 8 heteroatoms. The molecule has 1 aliphatic heterocycles. The molecule has 2 aromatic carbocycles. The van der Waals surface area contributed by atoms with E-state index in [1.165, 1.54) is 0 Å². The second-order valence-corrected chi connectivity index (χ2v) is 7.68. The van der Waals surface area contributed by atoms with Crippen molar-refractivity contribution in [2.24, 2.45) is 0 Å². The Morgan fingerprint density at radius 1 is 1.03 bits per heavy atom. The highest BCUT2D eigenvalue weighted by Crippen LogP contribution is 2.27. The largest absolute Gasteiger partial charge is 0.383 e. The molecule has 1 aliphatic rings. The van der Waals surface area contributed by atoms with E-state index in [4.69, 9.17) is 4.74 Å². The molecule has 0 aromatic heterocycles. The minimum absolute atomic E-state index is 0.180. The van der Waals surface area contributed by atoms with Gasteiger partial charge in [-0.25, -0.2) is 4.79 Å². The second-order valence-electron chi connectivity index (χ2n) is 6.76. The summed E-state index contributed by atoms with van der Waals surface area (Å²) < 4.78 is 5.94. The number of amides is 3. The predicted molar refractivity (Wildman–Crippen MR) is 119 cm³/mol. The zero-order valence-electron chi connectivity index (χ0n) is 16.3. The zero-order valence-corrected chi connectivity index (χ0v) is 17.9. The first kappa shape index (κ1) is 21.1. The normalized spacial score (nSPS) is 13.2. The van der Waals surface area contributed by atoms with Gasteiger partial charge in [-0.2, -0.15) is 0 Å². The standard InChI is InChI=1S/C21H25BrN4O3/c1-29-13-10-23-20(27)18-14-17(8-9-19(18)26-11-2-3-12-26)25-21(28)24-16-6-4-15(22)5-7-16/h4-9,14H,2-3,10-13H2,1H3,(H,23,27)(H2,24,25,28). The molecule has 2 aromatic rings. The number of rotatable bonds is 7. The molecule has 0 atom stereocenters. The molecule has 0 saturated carbocycles. The third-order valence-corrected chi connectivity index (χ3v) is 5.17. The van der Waals surface area contributed by atoms with E-state index >= 15 is 0 Å². The van der Waals surface area contributed by atoms with Crippen LogP contribution in [0.4, 0.5) is 21.9 Å². The van der Waals surface area contributed by atoms with Crippen molar-refractivity contribution >= 4 is 44.9 Å². The Morgan fingerprint density at radius 3 is 2.38 bits per heavy atom. The number of urea groups is 1. The lowest BCUT2D eigenvalue weighted by molar-refractivity contribution is 0.0937. The van der Waals surface area contributed by atoms with Crippen molar-refractivity contribution in [3.8, 4) is 0 Å². The van der Waals surface area contributed by atoms with Crippen molar-refractivity contribution in [2.75, 3.05) is 48.9 Å². The summed E-state index contributed by atoms with van der Waals surface area (Å²) in [4.78, 5) is 27.3. The van der Waals surface area contributed by atoms with Crippen LogP contribution in [0.15, 0.2) is 46.9 Å². The number of benzene rings is 2. The molecule has 0 unspecified atom stereocenters. The SMILES string of the molecule is COCCNC(=O)c1cc(NC(=O)Nc2ccc(Br)cc2)ccc1N1CCCC1. The van der Waals surface area contributed by atoms with Gasteiger partial charge in [-0.1, -0.05) is 15.9 Å². The van der Waals surface area contributed by atoms with Crippen molar-refractivity contribution in [1.82, 2.24) is 5.32 Å². The maximum Gasteiger partial charge on any atom is 0.323 e. The van der Waals surface area contributed by atoms with Crippen LogP contribution in [0.2, 0.25) is 0 Å². The first-order valence-electron chi connectivity index (χ1n) is 9.56. The van der Waals surface area contributed by atoms with E-state index < -0.39 is 0 Å². The van der Waals surface area contributed by atoms with Gasteiger partial charge < -0.3 is 25.6 Å². The van der Waals surface area contributed by atoms with Gasteiger partial charge in [0.1, 0.15) is 0 Å². The van der Waals surface area contributed by atoms with Crippen LogP contribution in [-0.2, 0) is 4.74 Å². The van der Waals surface area contributed by atoms with Crippen molar-refractivity contribution in [3.05, 3.63) is 52.5 Å². The van der Waals surface area contributed by atoms with Crippen LogP contribution in [0.1, 0.15) is 23.2 Å². The number of ether oxygens (including phenoxy) is 1. The Bertz CT molecular complexity index is 852. The number of methoxy groups -OCH3 is 1. The van der Waals surface area contributed by atoms with Gasteiger partial charge in [-0.15, -0.1) is 0 Å². The molecule has 3 amide bonds. The fraction of sp³-hybridized carbons (Fsp3) is 0.333. The summed E-state index contributed by atoms with van der Waals surface area (Å²) in [6.07, 6.45) is 2.22. The van der Waals surface area contributed by atoms with Crippen molar-refractivity contribution in [3.63, 3.8) is 0 Å². The van der Waals surface area contributed by atoms with Crippen molar-refractivity contribution in [1.29, 1.82) is 0 Å². The van der Waals surface area contributed by atoms with Gasteiger partial charge in [0.2, 0.25) is 0 Å². The number of nitrogens with one attached hydrogen (secondary N) is 3. The van der Waals surface area contributed by atoms with Gasteiger partial charge in [0.25, 0.3) is 5.91 Å². The fourth-order valence-electron chi connectivity index (χ4n) is 3.22. The number of anilines is 3. The van der Waals surface area contributed by atoms with Crippen LogP contribution >= 0.6 is 15.9 Å². The minimum Gasteiger partial charge on any atom is -0.383 e. The van der Waals surface area contributed by atoms with E-state index in [9.17, 15) is 9.59 Å². The van der Waals surface area contributed by atoms with E-state index in [2.05, 4.69) is 36.8 Å². The van der Waals surface area contributed by atoms with E-state index in [1.807, 2.05) is 24.3 Å². The lowest BCUT2D eigenvalue weighted by Gasteiger charge is -2.22. The molecule has 7 nitrogen and oxygen atoms in total. The maximum atomic E-state index is 12.7. The highest BCUT2D eigenvalue weighted by molar-refractivity contribution is 9.10. The van der Waals surface area contributed by atoms with Crippen molar-refractivity contribution < 1.29 is 14.3 Å². The molecule has 0 spiro atoms. The van der Waals surface area contributed by atoms with E-state index in [1.54, 1.807) is 25.3 Å². The highest BCUT2D eigenvalue weighted by Gasteiger charge is 2.20. The summed E-state index contributed by atoms with van der Waals surface area (Å²) in [5.41, 5.74) is 2.66. The van der Waals surface area contributed by atoms with E-state index in [-0.39, 0.29) is 11.9 Å². The van der Waals surface area contributed by atoms with Crippen LogP contribution in [0.3, 0.4) is 0 Å². The Morgan fingerprint density at radius 2 is 1.69 bits per heavy atom. The molecule has 0 aliphatic carbocycles. The topological polar surface area (TPSA) is 82.7 Å². The van der Waals surface area contributed by atoms with Gasteiger partial charge in [0, 0.05) is 48.3 Å². The lowest BCUT2D eigenvalue weighted by Crippen LogP contribution is -2.30. The number of halogens is 1. The Kier molecular flexibility index (Phi) is 7.48. The number of carbonyl (C=O) groups is 2. The van der Waals surface area contributed by atoms with Gasteiger partial charge in [-0.3, -0.25) is 4.79 Å².